The molecule has 1 aliphatic rings. The second-order valence-electron chi connectivity index (χ2n) is 1.53. The first-order valence-electron chi connectivity index (χ1n) is 2.40. The van der Waals surface area contributed by atoms with Gasteiger partial charge in [0.1, 0.15) is 6.54 Å². The maximum absolute atomic E-state index is 10.6. The van der Waals surface area contributed by atoms with E-state index in [1.54, 1.807) is 6.26 Å². The molecule has 3 amide bonds. The summed E-state index contributed by atoms with van der Waals surface area (Å²) in [6.07, 6.45) is 1.68. The lowest BCUT2D eigenvalue weighted by molar-refractivity contribution is -0.121. The molecule has 1 rings (SSSR count). The van der Waals surface area contributed by atoms with Crippen LogP contribution >= 0.6 is 11.9 Å². The summed E-state index contributed by atoms with van der Waals surface area (Å²) in [4.78, 5) is 21.2. The van der Waals surface area contributed by atoms with Crippen LogP contribution in [0, 0.1) is 0 Å². The molecular weight excluding hydrogens is 140 g/mol. The lowest BCUT2D eigenvalue weighted by Crippen LogP contribution is -2.23. The van der Waals surface area contributed by atoms with Gasteiger partial charge in [-0.1, -0.05) is 0 Å². The Labute approximate surface area is 56.7 Å². The molecule has 0 saturated carbocycles. The number of nitrogens with one attached hydrogen (secondary N) is 1. The Balaban J connectivity index is 2.66. The van der Waals surface area contributed by atoms with Crippen LogP contribution < -0.4 is 5.32 Å². The van der Waals surface area contributed by atoms with Gasteiger partial charge in [-0.15, -0.1) is 0 Å². The molecule has 0 unspecified atom stereocenters. The Bertz CT molecular complexity index is 143. The number of urea groups is 1. The summed E-state index contributed by atoms with van der Waals surface area (Å²) < 4.78 is 1.10. The minimum atomic E-state index is -0.312. The Morgan fingerprint density at radius 3 is 2.56 bits per heavy atom. The zero-order valence-corrected chi connectivity index (χ0v) is 5.70. The van der Waals surface area contributed by atoms with Crippen LogP contribution in [-0.4, -0.2) is 29.0 Å². The van der Waals surface area contributed by atoms with E-state index in [4.69, 9.17) is 0 Å². The summed E-state index contributed by atoms with van der Waals surface area (Å²) in [6, 6.07) is -0.312. The highest BCUT2D eigenvalue weighted by molar-refractivity contribution is 7.97. The summed E-state index contributed by atoms with van der Waals surface area (Å²) in [6.45, 7) is 0.139. The molecule has 1 saturated heterocycles. The number of rotatable bonds is 1. The van der Waals surface area contributed by atoms with Crippen molar-refractivity contribution in [2.45, 2.75) is 0 Å². The van der Waals surface area contributed by atoms with Crippen LogP contribution in [0.25, 0.3) is 0 Å². The second kappa shape index (κ2) is 2.26. The third-order valence-corrected chi connectivity index (χ3v) is 1.72. The Hall–Kier alpha value is -0.710. The fourth-order valence-electron chi connectivity index (χ4n) is 0.593. The SMILES string of the molecule is CSN1C(=O)CNC1=O. The topological polar surface area (TPSA) is 49.4 Å². The maximum Gasteiger partial charge on any atom is 0.334 e. The van der Waals surface area contributed by atoms with Crippen molar-refractivity contribution in [3.05, 3.63) is 0 Å². The molecule has 0 aromatic rings. The van der Waals surface area contributed by atoms with Crippen LogP contribution in [0.5, 0.6) is 0 Å². The number of hydrogen-bond acceptors (Lipinski definition) is 3. The largest absolute Gasteiger partial charge is 0.334 e. The van der Waals surface area contributed by atoms with Gasteiger partial charge in [0.05, 0.1) is 0 Å². The molecule has 1 fully saturated rings. The summed E-state index contributed by atoms with van der Waals surface area (Å²) in [5.74, 6) is -0.174. The number of amides is 3. The van der Waals surface area contributed by atoms with Gasteiger partial charge in [-0.25, -0.2) is 9.10 Å². The van der Waals surface area contributed by atoms with E-state index >= 15 is 0 Å². The van der Waals surface area contributed by atoms with E-state index in [0.717, 1.165) is 16.3 Å². The number of carbonyl (C=O) groups is 2. The lowest BCUT2D eigenvalue weighted by Gasteiger charge is -2.04. The zero-order valence-electron chi connectivity index (χ0n) is 4.88. The van der Waals surface area contributed by atoms with Gasteiger partial charge in [-0.05, 0) is 11.9 Å². The van der Waals surface area contributed by atoms with Crippen LogP contribution in [0.4, 0.5) is 4.79 Å². The van der Waals surface area contributed by atoms with Crippen molar-refractivity contribution in [3.8, 4) is 0 Å². The third-order valence-electron chi connectivity index (χ3n) is 0.984. The second-order valence-corrected chi connectivity index (χ2v) is 2.26. The van der Waals surface area contributed by atoms with E-state index in [2.05, 4.69) is 5.32 Å². The van der Waals surface area contributed by atoms with Crippen LogP contribution in [0.2, 0.25) is 0 Å². The van der Waals surface area contributed by atoms with E-state index < -0.39 is 0 Å². The van der Waals surface area contributed by atoms with Crippen LogP contribution in [0.15, 0.2) is 0 Å². The number of imide groups is 1. The Morgan fingerprint density at radius 1 is 1.67 bits per heavy atom. The van der Waals surface area contributed by atoms with Gasteiger partial charge < -0.3 is 5.32 Å². The summed E-state index contributed by atoms with van der Waals surface area (Å²) >= 11 is 1.12. The van der Waals surface area contributed by atoms with Gasteiger partial charge in [-0.3, -0.25) is 4.79 Å². The first-order chi connectivity index (χ1) is 4.25. The number of carbonyl (C=O) groups excluding carboxylic acids is 2. The highest BCUT2D eigenvalue weighted by Gasteiger charge is 2.27. The third kappa shape index (κ3) is 0.999. The number of nitrogens with zero attached hydrogens (tertiary/aromatic N) is 1. The van der Waals surface area contributed by atoms with Crippen molar-refractivity contribution in [2.24, 2.45) is 0 Å². The fraction of sp³-hybridized carbons (Fsp3) is 0.500. The quantitative estimate of drug-likeness (QED) is 0.412. The fourth-order valence-corrected chi connectivity index (χ4v) is 1.09. The molecule has 0 aromatic carbocycles. The van der Waals surface area contributed by atoms with E-state index in [1.807, 2.05) is 0 Å². The molecule has 4 nitrogen and oxygen atoms in total. The molecule has 9 heavy (non-hydrogen) atoms. The summed E-state index contributed by atoms with van der Waals surface area (Å²) in [7, 11) is 0. The van der Waals surface area contributed by atoms with Crippen molar-refractivity contribution in [1.29, 1.82) is 0 Å². The van der Waals surface area contributed by atoms with E-state index in [-0.39, 0.29) is 18.5 Å². The molecule has 1 heterocycles. The molecule has 0 atom stereocenters. The van der Waals surface area contributed by atoms with Crippen molar-refractivity contribution in [2.75, 3.05) is 12.8 Å². The molecule has 0 aromatic heterocycles. The molecule has 0 radical (unpaired) electrons. The maximum atomic E-state index is 10.6. The summed E-state index contributed by atoms with van der Waals surface area (Å²) in [5, 5.41) is 2.39. The van der Waals surface area contributed by atoms with Gasteiger partial charge in [-0.2, -0.15) is 0 Å². The van der Waals surface area contributed by atoms with Gasteiger partial charge in [0, 0.05) is 6.26 Å². The van der Waals surface area contributed by atoms with Crippen molar-refractivity contribution in [1.82, 2.24) is 9.62 Å². The highest BCUT2D eigenvalue weighted by Crippen LogP contribution is 2.09. The molecule has 0 bridgehead atoms. The number of hydrogen-bond donors (Lipinski definition) is 1. The molecule has 50 valence electrons. The molecule has 0 spiro atoms. The Morgan fingerprint density at radius 2 is 2.33 bits per heavy atom. The standard InChI is InChI=1S/C4H6N2O2S/c1-9-6-3(7)2-5-4(6)8/h2H2,1H3,(H,5,8). The highest BCUT2D eigenvalue weighted by atomic mass is 32.2. The summed E-state index contributed by atoms with van der Waals surface area (Å²) in [5.41, 5.74) is 0. The minimum absolute atomic E-state index is 0.139. The van der Waals surface area contributed by atoms with Crippen molar-refractivity contribution >= 4 is 23.9 Å². The van der Waals surface area contributed by atoms with Crippen LogP contribution in [-0.2, 0) is 4.79 Å². The molecule has 1 N–H and O–H groups in total. The first-order valence-corrected chi connectivity index (χ1v) is 3.59. The molecule has 5 heteroatoms. The van der Waals surface area contributed by atoms with Crippen molar-refractivity contribution < 1.29 is 9.59 Å². The molecule has 0 aliphatic carbocycles. The average Bonchev–Trinajstić information content (AvgIpc) is 2.12. The van der Waals surface area contributed by atoms with E-state index in [0.29, 0.717) is 0 Å². The average molecular weight is 146 g/mol. The zero-order chi connectivity index (χ0) is 6.85. The Kier molecular flexibility index (Phi) is 1.61. The molecular formula is C4H6N2O2S. The lowest BCUT2D eigenvalue weighted by atomic mass is 10.7. The van der Waals surface area contributed by atoms with Gasteiger partial charge >= 0.3 is 6.03 Å². The van der Waals surface area contributed by atoms with Gasteiger partial charge in [0.15, 0.2) is 0 Å². The van der Waals surface area contributed by atoms with Gasteiger partial charge in [0.25, 0.3) is 5.91 Å². The normalized spacial score (nSPS) is 18.6. The van der Waals surface area contributed by atoms with E-state index in [1.165, 1.54) is 0 Å². The minimum Gasteiger partial charge on any atom is -0.328 e. The van der Waals surface area contributed by atoms with E-state index in [9.17, 15) is 9.59 Å². The molecule has 1 aliphatic heterocycles. The van der Waals surface area contributed by atoms with Crippen LogP contribution in [0.3, 0.4) is 0 Å². The first kappa shape index (κ1) is 6.41. The van der Waals surface area contributed by atoms with Crippen LogP contribution in [0.1, 0.15) is 0 Å². The van der Waals surface area contributed by atoms with Crippen molar-refractivity contribution in [3.63, 3.8) is 0 Å². The monoisotopic (exact) mass is 146 g/mol. The smallest absolute Gasteiger partial charge is 0.328 e. The van der Waals surface area contributed by atoms with Gasteiger partial charge in [0.2, 0.25) is 0 Å². The predicted octanol–water partition coefficient (Wildman–Crippen LogP) is -0.184. The predicted molar refractivity (Wildman–Crippen MR) is 33.8 cm³/mol.